The first-order chi connectivity index (χ1) is 17.9. The molecule has 0 aliphatic carbocycles. The van der Waals surface area contributed by atoms with E-state index in [1.54, 1.807) is 47.5 Å². The number of methoxy groups -OCH3 is 1. The van der Waals surface area contributed by atoms with Gasteiger partial charge < -0.3 is 30.2 Å². The lowest BCUT2D eigenvalue weighted by molar-refractivity contribution is -0.127. The van der Waals surface area contributed by atoms with Gasteiger partial charge in [-0.3, -0.25) is 9.59 Å². The number of amides is 2. The Kier molecular flexibility index (Phi) is 7.84. The summed E-state index contributed by atoms with van der Waals surface area (Å²) < 4.78 is 10.3. The minimum atomic E-state index is -0.406. The van der Waals surface area contributed by atoms with Crippen molar-refractivity contribution in [3.05, 3.63) is 79.0 Å². The number of nitrogens with one attached hydrogen (secondary N) is 1. The number of carbonyl (C=O) groups excluding carboxylic acids is 2. The molecule has 0 radical (unpaired) electrons. The molecular formula is C26H29N7O4. The van der Waals surface area contributed by atoms with Gasteiger partial charge in [-0.15, -0.1) is 0 Å². The Morgan fingerprint density at radius 2 is 2.16 bits per heavy atom. The highest BCUT2D eigenvalue weighted by molar-refractivity contribution is 6.04. The fraction of sp³-hybridized carbons (Fsp3) is 0.231. The molecule has 1 fully saturated rings. The van der Waals surface area contributed by atoms with Crippen molar-refractivity contribution in [1.29, 1.82) is 0 Å². The molecule has 0 spiro atoms. The molecule has 0 saturated carbocycles. The summed E-state index contributed by atoms with van der Waals surface area (Å²) in [5.41, 5.74) is 9.31. The molecule has 1 aliphatic rings. The Bertz CT molecular complexity index is 1310. The number of aromatic nitrogens is 2. The first kappa shape index (κ1) is 25.5. The highest BCUT2D eigenvalue weighted by atomic mass is 16.5. The number of hydrogen-bond donors (Lipinski definition) is 3. The normalized spacial score (nSPS) is 15.7. The number of piperidine rings is 1. The van der Waals surface area contributed by atoms with E-state index in [4.69, 9.17) is 20.8 Å². The Morgan fingerprint density at radius 3 is 2.89 bits per heavy atom. The summed E-state index contributed by atoms with van der Waals surface area (Å²) in [6.07, 6.45) is 7.60. The van der Waals surface area contributed by atoms with Crippen molar-refractivity contribution in [2.24, 2.45) is 11.6 Å². The molecule has 1 aromatic carbocycles. The van der Waals surface area contributed by atoms with E-state index in [9.17, 15) is 9.59 Å². The third-order valence-corrected chi connectivity index (χ3v) is 6.09. The molecule has 4 rings (SSSR count). The molecule has 192 valence electrons. The number of nitrogens with two attached hydrogens (primary N) is 2. The minimum Gasteiger partial charge on any atom is -0.495 e. The fourth-order valence-electron chi connectivity index (χ4n) is 4.08. The van der Waals surface area contributed by atoms with Crippen molar-refractivity contribution in [3.8, 4) is 17.0 Å². The van der Waals surface area contributed by atoms with Crippen LogP contribution in [0.4, 0.5) is 5.69 Å². The number of hydrazine groups is 1. The lowest BCUT2D eigenvalue weighted by atomic mass is 10.0. The second kappa shape index (κ2) is 11.4. The zero-order chi connectivity index (χ0) is 26.4. The van der Waals surface area contributed by atoms with E-state index in [2.05, 4.69) is 22.0 Å². The van der Waals surface area contributed by atoms with Crippen LogP contribution < -0.4 is 21.6 Å². The molecule has 37 heavy (non-hydrogen) atoms. The van der Waals surface area contributed by atoms with Gasteiger partial charge in [0.05, 0.1) is 42.0 Å². The van der Waals surface area contributed by atoms with Crippen molar-refractivity contribution >= 4 is 23.2 Å². The van der Waals surface area contributed by atoms with Gasteiger partial charge in [-0.25, -0.2) is 10.8 Å². The molecule has 0 unspecified atom stereocenters. The number of hydrogen-bond acceptors (Lipinski definition) is 9. The van der Waals surface area contributed by atoms with Crippen molar-refractivity contribution in [3.63, 3.8) is 0 Å². The van der Waals surface area contributed by atoms with Crippen LogP contribution in [0.15, 0.2) is 72.2 Å². The quantitative estimate of drug-likeness (QED) is 0.239. The molecule has 1 aliphatic heterocycles. The highest BCUT2D eigenvalue weighted by Crippen LogP contribution is 2.28. The maximum absolute atomic E-state index is 12.9. The molecule has 2 aromatic heterocycles. The van der Waals surface area contributed by atoms with Crippen molar-refractivity contribution in [2.75, 3.05) is 25.5 Å². The van der Waals surface area contributed by atoms with Gasteiger partial charge >= 0.3 is 0 Å². The first-order valence-corrected chi connectivity index (χ1v) is 11.7. The molecule has 2 amide bonds. The van der Waals surface area contributed by atoms with Crippen molar-refractivity contribution in [2.45, 2.75) is 18.9 Å². The van der Waals surface area contributed by atoms with Gasteiger partial charge in [-0.05, 0) is 43.2 Å². The predicted octanol–water partition coefficient (Wildman–Crippen LogP) is 2.61. The largest absolute Gasteiger partial charge is 0.495 e. The van der Waals surface area contributed by atoms with Crippen LogP contribution in [-0.2, 0) is 4.79 Å². The second-order valence-corrected chi connectivity index (χ2v) is 8.51. The van der Waals surface area contributed by atoms with Gasteiger partial charge in [0.25, 0.3) is 5.91 Å². The van der Waals surface area contributed by atoms with Crippen LogP contribution in [0, 0.1) is 0 Å². The summed E-state index contributed by atoms with van der Waals surface area (Å²) in [5.74, 6) is 6.18. The molecule has 1 saturated heterocycles. The summed E-state index contributed by atoms with van der Waals surface area (Å²) in [6.45, 7) is 4.72. The second-order valence-electron chi connectivity index (χ2n) is 8.51. The van der Waals surface area contributed by atoms with E-state index in [-0.39, 0.29) is 17.6 Å². The first-order valence-electron chi connectivity index (χ1n) is 11.7. The van der Waals surface area contributed by atoms with Crippen LogP contribution in [0.1, 0.15) is 28.9 Å². The maximum atomic E-state index is 12.9. The summed E-state index contributed by atoms with van der Waals surface area (Å²) >= 11 is 0. The van der Waals surface area contributed by atoms with Crippen LogP contribution >= 0.6 is 0 Å². The van der Waals surface area contributed by atoms with Crippen LogP contribution in [-0.4, -0.2) is 58.1 Å². The number of benzene rings is 1. The van der Waals surface area contributed by atoms with Crippen molar-refractivity contribution < 1.29 is 18.8 Å². The van der Waals surface area contributed by atoms with Gasteiger partial charge in [0.2, 0.25) is 5.91 Å². The standard InChI is InChI=1S/C26H29N7O4/c1-3-25(34)32-11-5-6-19(14-32)33(28)15-20(27)17-9-10-22(24(12-17)36-2)31-26(35)23-8-4-7-21(30-23)18-13-29-37-16-18/h3-4,7-10,12-13,15-16,19H,1,5-6,11,14,27-28H2,2H3,(H,31,35)/b20-15-/t19-/m1/s1. The van der Waals surface area contributed by atoms with E-state index in [1.807, 2.05) is 0 Å². The van der Waals surface area contributed by atoms with E-state index in [1.165, 1.54) is 30.7 Å². The molecule has 3 heterocycles. The number of nitrogens with zero attached hydrogens (tertiary/aromatic N) is 4. The minimum absolute atomic E-state index is 0.0715. The molecule has 3 aromatic rings. The molecule has 11 nitrogen and oxygen atoms in total. The van der Waals surface area contributed by atoms with Crippen LogP contribution in [0.3, 0.4) is 0 Å². The van der Waals surface area contributed by atoms with Gasteiger partial charge in [0.15, 0.2) is 0 Å². The van der Waals surface area contributed by atoms with E-state index in [0.29, 0.717) is 47.0 Å². The topological polar surface area (TPSA) is 153 Å². The molecule has 1 atom stereocenters. The highest BCUT2D eigenvalue weighted by Gasteiger charge is 2.25. The Hall–Kier alpha value is -4.64. The predicted molar refractivity (Wildman–Crippen MR) is 139 cm³/mol. The van der Waals surface area contributed by atoms with Gasteiger partial charge in [0, 0.05) is 24.9 Å². The molecule has 11 heteroatoms. The number of carbonyl (C=O) groups is 2. The lowest BCUT2D eigenvalue weighted by Crippen LogP contribution is -2.50. The van der Waals surface area contributed by atoms with Crippen LogP contribution in [0.25, 0.3) is 17.0 Å². The summed E-state index contributed by atoms with van der Waals surface area (Å²) in [6, 6.07) is 10.2. The molecule has 5 N–H and O–H groups in total. The van der Waals surface area contributed by atoms with E-state index < -0.39 is 5.91 Å². The van der Waals surface area contributed by atoms with Crippen molar-refractivity contribution in [1.82, 2.24) is 20.0 Å². The molecule has 0 bridgehead atoms. The number of pyridine rings is 1. The Labute approximate surface area is 214 Å². The van der Waals surface area contributed by atoms with Crippen LogP contribution in [0.5, 0.6) is 5.75 Å². The summed E-state index contributed by atoms with van der Waals surface area (Å²) in [7, 11) is 1.50. The summed E-state index contributed by atoms with van der Waals surface area (Å²) in [5, 5.41) is 8.03. The number of ether oxygens (including phenoxy) is 1. The zero-order valence-corrected chi connectivity index (χ0v) is 20.5. The Balaban J connectivity index is 1.47. The van der Waals surface area contributed by atoms with Crippen LogP contribution in [0.2, 0.25) is 0 Å². The SMILES string of the molecule is C=CC(=O)N1CCC[C@@H](N(N)/C=C(\N)c2ccc(NC(=O)c3cccc(-c4cnoc4)n3)c(OC)c2)C1. The summed E-state index contributed by atoms with van der Waals surface area (Å²) in [4.78, 5) is 31.0. The van der Waals surface area contributed by atoms with E-state index in [0.717, 1.165) is 12.8 Å². The smallest absolute Gasteiger partial charge is 0.274 e. The lowest BCUT2D eigenvalue weighted by Gasteiger charge is -2.36. The monoisotopic (exact) mass is 503 g/mol. The zero-order valence-electron chi connectivity index (χ0n) is 20.5. The maximum Gasteiger partial charge on any atom is 0.274 e. The third kappa shape index (κ3) is 5.96. The third-order valence-electron chi connectivity index (χ3n) is 6.09. The average molecular weight is 504 g/mol. The average Bonchev–Trinajstić information content (AvgIpc) is 3.48. The number of rotatable bonds is 8. The van der Waals surface area contributed by atoms with Gasteiger partial charge in [0.1, 0.15) is 17.7 Å². The molecular weight excluding hydrogens is 474 g/mol. The van der Waals surface area contributed by atoms with E-state index >= 15 is 0 Å². The number of anilines is 1. The number of likely N-dealkylation sites (tertiary alicyclic amines) is 1. The van der Waals surface area contributed by atoms with Gasteiger partial charge in [-0.1, -0.05) is 23.9 Å². The fourth-order valence-corrected chi connectivity index (χ4v) is 4.08. The van der Waals surface area contributed by atoms with Gasteiger partial charge in [-0.2, -0.15) is 0 Å². The Morgan fingerprint density at radius 1 is 1.32 bits per heavy atom.